The van der Waals surface area contributed by atoms with Crippen LogP contribution in [0, 0.1) is 0 Å². The maximum absolute atomic E-state index is 11.9. The summed E-state index contributed by atoms with van der Waals surface area (Å²) < 4.78 is 6.39. The van der Waals surface area contributed by atoms with E-state index in [9.17, 15) is 14.4 Å². The predicted octanol–water partition coefficient (Wildman–Crippen LogP) is 1.57. The highest BCUT2D eigenvalue weighted by Gasteiger charge is 2.12. The van der Waals surface area contributed by atoms with Crippen molar-refractivity contribution in [3.63, 3.8) is 0 Å². The second-order valence-corrected chi connectivity index (χ2v) is 5.70. The van der Waals surface area contributed by atoms with Gasteiger partial charge in [0.1, 0.15) is 12.1 Å². The van der Waals surface area contributed by atoms with Crippen molar-refractivity contribution in [2.75, 3.05) is 17.2 Å². The molecule has 2 N–H and O–H groups in total. The third-order valence-electron chi connectivity index (χ3n) is 3.55. The molecule has 0 bridgehead atoms. The average Bonchev–Trinajstić information content (AvgIpc) is 3.04. The van der Waals surface area contributed by atoms with Gasteiger partial charge >= 0.3 is 5.97 Å². The highest BCUT2D eigenvalue weighted by Crippen LogP contribution is 2.13. The van der Waals surface area contributed by atoms with Crippen LogP contribution in [0.25, 0.3) is 11.0 Å². The van der Waals surface area contributed by atoms with Gasteiger partial charge in [0, 0.05) is 18.3 Å². The maximum atomic E-state index is 11.9. The summed E-state index contributed by atoms with van der Waals surface area (Å²) in [6.07, 6.45) is 0. The van der Waals surface area contributed by atoms with Gasteiger partial charge in [-0.3, -0.25) is 14.4 Å². The lowest BCUT2D eigenvalue weighted by Crippen LogP contribution is -2.23. The van der Waals surface area contributed by atoms with Gasteiger partial charge in [-0.1, -0.05) is 17.3 Å². The number of nitrogens with one attached hydrogen (secondary N) is 2. The van der Waals surface area contributed by atoms with Crippen LogP contribution in [0.5, 0.6) is 0 Å². The number of para-hydroxylation sites is 1. The molecule has 2 amide bonds. The van der Waals surface area contributed by atoms with Crippen LogP contribution >= 0.6 is 0 Å². The van der Waals surface area contributed by atoms with E-state index in [1.54, 1.807) is 36.4 Å². The fourth-order valence-corrected chi connectivity index (χ4v) is 2.39. The highest BCUT2D eigenvalue weighted by atomic mass is 16.5. The van der Waals surface area contributed by atoms with Crippen molar-refractivity contribution in [1.29, 1.82) is 0 Å². The van der Waals surface area contributed by atoms with E-state index in [4.69, 9.17) is 4.74 Å². The number of hydrogen-bond donors (Lipinski definition) is 2. The number of aromatic nitrogens is 3. The van der Waals surface area contributed by atoms with Crippen LogP contribution in [0.15, 0.2) is 48.5 Å². The number of carbonyl (C=O) groups is 3. The number of rotatable bonds is 6. The van der Waals surface area contributed by atoms with E-state index in [2.05, 4.69) is 20.9 Å². The summed E-state index contributed by atoms with van der Waals surface area (Å²) in [6.45, 7) is 0.851. The number of anilines is 2. The minimum absolute atomic E-state index is 0.140. The molecule has 1 heterocycles. The largest absolute Gasteiger partial charge is 0.454 e. The van der Waals surface area contributed by atoms with Gasteiger partial charge in [-0.2, -0.15) is 0 Å². The van der Waals surface area contributed by atoms with Gasteiger partial charge in [-0.15, -0.1) is 5.10 Å². The molecule has 0 spiro atoms. The Labute approximate surface area is 154 Å². The minimum Gasteiger partial charge on any atom is -0.454 e. The number of esters is 1. The molecule has 0 aliphatic heterocycles. The Bertz CT molecular complexity index is 981. The maximum Gasteiger partial charge on any atom is 0.328 e. The molecule has 0 atom stereocenters. The molecule has 0 aliphatic rings. The minimum atomic E-state index is -0.596. The molecule has 0 saturated carbocycles. The zero-order valence-electron chi connectivity index (χ0n) is 14.5. The normalized spacial score (nSPS) is 10.4. The second kappa shape index (κ2) is 8.09. The van der Waals surface area contributed by atoms with Crippen molar-refractivity contribution < 1.29 is 19.1 Å². The lowest BCUT2D eigenvalue weighted by atomic mass is 10.2. The van der Waals surface area contributed by atoms with Crippen LogP contribution in [0.2, 0.25) is 0 Å². The Balaban J connectivity index is 1.48. The molecular weight excluding hydrogens is 350 g/mol. The van der Waals surface area contributed by atoms with Crippen LogP contribution in [0.4, 0.5) is 11.4 Å². The molecule has 9 heteroatoms. The van der Waals surface area contributed by atoms with Gasteiger partial charge in [0.25, 0.3) is 5.91 Å². The monoisotopic (exact) mass is 367 g/mol. The van der Waals surface area contributed by atoms with Crippen LogP contribution in [-0.2, 0) is 25.7 Å². The van der Waals surface area contributed by atoms with E-state index in [1.165, 1.54) is 11.6 Å². The lowest BCUT2D eigenvalue weighted by Gasteiger charge is -2.08. The predicted molar refractivity (Wildman–Crippen MR) is 97.9 cm³/mol. The van der Waals surface area contributed by atoms with Crippen LogP contribution in [0.1, 0.15) is 6.92 Å². The standard InChI is InChI=1S/C18H17N5O4/c1-12(24)19-13-6-8-14(9-7-13)20-17(25)11-27-18(26)10-23-16-5-3-2-4-15(16)21-22-23/h2-9H,10-11H2,1H3,(H,19,24)(H,20,25). The first-order chi connectivity index (χ1) is 13.0. The molecule has 2 aromatic carbocycles. The summed E-state index contributed by atoms with van der Waals surface area (Å²) in [6, 6.07) is 13.8. The zero-order chi connectivity index (χ0) is 19.2. The number of benzene rings is 2. The van der Waals surface area contributed by atoms with Gasteiger partial charge in [0.05, 0.1) is 5.52 Å². The summed E-state index contributed by atoms with van der Waals surface area (Å²) in [4.78, 5) is 34.8. The van der Waals surface area contributed by atoms with Crippen LogP contribution in [-0.4, -0.2) is 39.4 Å². The Morgan fingerprint density at radius 3 is 2.37 bits per heavy atom. The molecule has 3 aromatic rings. The quantitative estimate of drug-likeness (QED) is 0.639. The second-order valence-electron chi connectivity index (χ2n) is 5.70. The summed E-state index contributed by atoms with van der Waals surface area (Å²) in [5.74, 6) is -1.25. The summed E-state index contributed by atoms with van der Waals surface area (Å²) in [7, 11) is 0. The molecule has 138 valence electrons. The first-order valence-electron chi connectivity index (χ1n) is 8.12. The number of fused-ring (bicyclic) bond motifs is 1. The van der Waals surface area contributed by atoms with E-state index in [0.29, 0.717) is 22.4 Å². The number of hydrogen-bond acceptors (Lipinski definition) is 6. The lowest BCUT2D eigenvalue weighted by molar-refractivity contribution is -0.148. The molecule has 9 nitrogen and oxygen atoms in total. The van der Waals surface area contributed by atoms with Gasteiger partial charge in [-0.05, 0) is 36.4 Å². The fourth-order valence-electron chi connectivity index (χ4n) is 2.39. The van der Waals surface area contributed by atoms with E-state index in [-0.39, 0.29) is 12.5 Å². The molecule has 0 aliphatic carbocycles. The van der Waals surface area contributed by atoms with E-state index in [0.717, 1.165) is 0 Å². The summed E-state index contributed by atoms with van der Waals surface area (Å²) in [5, 5.41) is 13.1. The molecule has 27 heavy (non-hydrogen) atoms. The van der Waals surface area contributed by atoms with Gasteiger partial charge in [0.15, 0.2) is 6.61 Å². The van der Waals surface area contributed by atoms with Gasteiger partial charge in [0.2, 0.25) is 5.91 Å². The molecule has 1 aromatic heterocycles. The van der Waals surface area contributed by atoms with Gasteiger partial charge < -0.3 is 15.4 Å². The Morgan fingerprint density at radius 1 is 1.00 bits per heavy atom. The topological polar surface area (TPSA) is 115 Å². The van der Waals surface area contributed by atoms with E-state index >= 15 is 0 Å². The third kappa shape index (κ3) is 4.88. The number of carbonyl (C=O) groups excluding carboxylic acids is 3. The smallest absolute Gasteiger partial charge is 0.328 e. The molecular formula is C18H17N5O4. The van der Waals surface area contributed by atoms with Crippen molar-refractivity contribution in [2.24, 2.45) is 0 Å². The summed E-state index contributed by atoms with van der Waals surface area (Å²) >= 11 is 0. The molecule has 0 saturated heterocycles. The number of amides is 2. The van der Waals surface area contributed by atoms with Crippen LogP contribution < -0.4 is 10.6 Å². The number of ether oxygens (including phenoxy) is 1. The van der Waals surface area contributed by atoms with Crippen molar-refractivity contribution >= 4 is 40.2 Å². The van der Waals surface area contributed by atoms with E-state index in [1.807, 2.05) is 12.1 Å². The van der Waals surface area contributed by atoms with E-state index < -0.39 is 18.5 Å². The summed E-state index contributed by atoms with van der Waals surface area (Å²) in [5.41, 5.74) is 2.52. The highest BCUT2D eigenvalue weighted by molar-refractivity contribution is 5.93. The molecule has 0 unspecified atom stereocenters. The molecule has 0 fully saturated rings. The average molecular weight is 367 g/mol. The first kappa shape index (κ1) is 18.1. The Morgan fingerprint density at radius 2 is 1.67 bits per heavy atom. The Hall–Kier alpha value is -3.75. The SMILES string of the molecule is CC(=O)Nc1ccc(NC(=O)COC(=O)Cn2nnc3ccccc32)cc1. The fraction of sp³-hybridized carbons (Fsp3) is 0.167. The molecule has 3 rings (SSSR count). The van der Waals surface area contributed by atoms with Crippen LogP contribution in [0.3, 0.4) is 0 Å². The number of nitrogens with zero attached hydrogens (tertiary/aromatic N) is 3. The van der Waals surface area contributed by atoms with Crippen molar-refractivity contribution in [3.05, 3.63) is 48.5 Å². The Kier molecular flexibility index (Phi) is 5.41. The van der Waals surface area contributed by atoms with Crippen molar-refractivity contribution in [1.82, 2.24) is 15.0 Å². The van der Waals surface area contributed by atoms with Gasteiger partial charge in [-0.25, -0.2) is 4.68 Å². The van der Waals surface area contributed by atoms with Crippen molar-refractivity contribution in [2.45, 2.75) is 13.5 Å². The first-order valence-corrected chi connectivity index (χ1v) is 8.12. The van der Waals surface area contributed by atoms with Crippen molar-refractivity contribution in [3.8, 4) is 0 Å². The third-order valence-corrected chi connectivity index (χ3v) is 3.55. The molecule has 0 radical (unpaired) electrons. The zero-order valence-corrected chi connectivity index (χ0v) is 14.5.